The van der Waals surface area contributed by atoms with Crippen LogP contribution in [0.4, 0.5) is 0 Å². The molecule has 0 heterocycles. The average Bonchev–Trinajstić information content (AvgIpc) is 2.93. The minimum Gasteiger partial charge on any atom is -0.497 e. The summed E-state index contributed by atoms with van der Waals surface area (Å²) >= 11 is 0. The van der Waals surface area contributed by atoms with Gasteiger partial charge in [0.25, 0.3) is 0 Å². The van der Waals surface area contributed by atoms with Gasteiger partial charge in [-0.15, -0.1) is 0 Å². The number of ether oxygens (including phenoxy) is 2. The van der Waals surface area contributed by atoms with Crippen LogP contribution in [0.2, 0.25) is 0 Å². The fraction of sp³-hybridized carbons (Fsp3) is 0.406. The number of amides is 1. The quantitative estimate of drug-likeness (QED) is 0.296. The molecule has 0 saturated heterocycles. The maximum atomic E-state index is 14.0. The lowest BCUT2D eigenvalue weighted by Crippen LogP contribution is -2.50. The molecule has 0 atom stereocenters. The Morgan fingerprint density at radius 3 is 2.00 bits per heavy atom. The third-order valence-corrected chi connectivity index (χ3v) is 8.44. The van der Waals surface area contributed by atoms with Gasteiger partial charge in [-0.05, 0) is 78.5 Å². The minimum absolute atomic E-state index is 0.0302. The van der Waals surface area contributed by atoms with Crippen LogP contribution in [0.15, 0.2) is 72.8 Å². The Kier molecular flexibility index (Phi) is 9.08. The van der Waals surface area contributed by atoms with E-state index in [9.17, 15) is 13.2 Å². The van der Waals surface area contributed by atoms with Crippen molar-refractivity contribution in [2.75, 3.05) is 7.11 Å². The standard InChI is InChI=1S/C32H39NO6S/c1-22(2)28-15-10-16-29(23(3)4)30(28)39-40(35,36)33-31(34)32(24-11-9-14-27(21-24)37-5)19-17-26(18-20-32)38-25-12-7-6-8-13-25/h6-16,21-23,26H,17-20H2,1-5H3,(H,33,34). The molecule has 0 aliphatic heterocycles. The predicted molar refractivity (Wildman–Crippen MR) is 156 cm³/mol. The van der Waals surface area contributed by atoms with Gasteiger partial charge in [-0.1, -0.05) is 76.2 Å². The molecule has 3 aromatic rings. The van der Waals surface area contributed by atoms with E-state index >= 15 is 0 Å². The van der Waals surface area contributed by atoms with Crippen molar-refractivity contribution in [3.63, 3.8) is 0 Å². The zero-order valence-electron chi connectivity index (χ0n) is 23.8. The van der Waals surface area contributed by atoms with E-state index in [1.165, 1.54) is 0 Å². The number of benzene rings is 3. The summed E-state index contributed by atoms with van der Waals surface area (Å²) < 4.78 is 46.3. The van der Waals surface area contributed by atoms with E-state index in [-0.39, 0.29) is 23.7 Å². The summed E-state index contributed by atoms with van der Waals surface area (Å²) in [4.78, 5) is 14.0. The number of carbonyl (C=O) groups excluding carboxylic acids is 1. The van der Waals surface area contributed by atoms with Crippen molar-refractivity contribution in [3.8, 4) is 17.2 Å². The van der Waals surface area contributed by atoms with Gasteiger partial charge in [-0.25, -0.2) is 4.72 Å². The van der Waals surface area contributed by atoms with Gasteiger partial charge < -0.3 is 13.7 Å². The Morgan fingerprint density at radius 1 is 0.850 bits per heavy atom. The molecule has 0 radical (unpaired) electrons. The topological polar surface area (TPSA) is 90.9 Å². The van der Waals surface area contributed by atoms with E-state index in [0.717, 1.165) is 16.9 Å². The molecule has 0 unspecified atom stereocenters. The van der Waals surface area contributed by atoms with Gasteiger partial charge in [0.1, 0.15) is 11.5 Å². The first-order valence-corrected chi connectivity index (χ1v) is 15.2. The number of rotatable bonds is 10. The smallest absolute Gasteiger partial charge is 0.409 e. The average molecular weight is 566 g/mol. The number of carbonyl (C=O) groups is 1. The van der Waals surface area contributed by atoms with E-state index in [2.05, 4.69) is 4.72 Å². The number of nitrogens with one attached hydrogen (secondary N) is 1. The Balaban J connectivity index is 1.62. The second-order valence-corrected chi connectivity index (χ2v) is 12.3. The van der Waals surface area contributed by atoms with Crippen LogP contribution >= 0.6 is 0 Å². The molecule has 4 rings (SSSR count). The molecule has 40 heavy (non-hydrogen) atoms. The summed E-state index contributed by atoms with van der Waals surface area (Å²) in [6.07, 6.45) is 1.87. The molecular weight excluding hydrogens is 526 g/mol. The first-order valence-electron chi connectivity index (χ1n) is 13.8. The molecule has 0 aromatic heterocycles. The molecule has 0 bridgehead atoms. The summed E-state index contributed by atoms with van der Waals surface area (Å²) in [7, 11) is -2.92. The molecule has 1 amide bonds. The molecule has 1 saturated carbocycles. The number of hydrogen-bond acceptors (Lipinski definition) is 6. The largest absolute Gasteiger partial charge is 0.497 e. The van der Waals surface area contributed by atoms with Crippen molar-refractivity contribution in [2.45, 2.75) is 76.7 Å². The first kappa shape index (κ1) is 29.5. The highest BCUT2D eigenvalue weighted by atomic mass is 32.2. The molecular formula is C32H39NO6S. The Labute approximate surface area is 238 Å². The summed E-state index contributed by atoms with van der Waals surface area (Å²) in [5, 5.41) is 0. The molecule has 1 aliphatic rings. The van der Waals surface area contributed by atoms with Gasteiger partial charge in [0, 0.05) is 0 Å². The zero-order chi connectivity index (χ0) is 28.9. The van der Waals surface area contributed by atoms with Crippen LogP contribution in [0.3, 0.4) is 0 Å². The van der Waals surface area contributed by atoms with Crippen molar-refractivity contribution in [2.24, 2.45) is 0 Å². The van der Waals surface area contributed by atoms with Crippen LogP contribution in [0, 0.1) is 0 Å². The van der Waals surface area contributed by atoms with Crippen LogP contribution in [0.25, 0.3) is 0 Å². The maximum Gasteiger partial charge on any atom is 0.409 e. The molecule has 1 fully saturated rings. The normalized spacial score (nSPS) is 19.3. The Morgan fingerprint density at radius 2 is 1.43 bits per heavy atom. The molecule has 1 aliphatic carbocycles. The highest BCUT2D eigenvalue weighted by molar-refractivity contribution is 7.85. The maximum absolute atomic E-state index is 14.0. The lowest BCUT2D eigenvalue weighted by Gasteiger charge is -2.39. The lowest BCUT2D eigenvalue weighted by atomic mass is 9.68. The molecule has 214 valence electrons. The van der Waals surface area contributed by atoms with Crippen LogP contribution < -0.4 is 18.4 Å². The van der Waals surface area contributed by atoms with Gasteiger partial charge in [0.05, 0.1) is 18.6 Å². The van der Waals surface area contributed by atoms with Crippen molar-refractivity contribution >= 4 is 16.2 Å². The van der Waals surface area contributed by atoms with Gasteiger partial charge in [-0.2, -0.15) is 8.42 Å². The zero-order valence-corrected chi connectivity index (χ0v) is 24.7. The lowest BCUT2D eigenvalue weighted by molar-refractivity contribution is -0.127. The summed E-state index contributed by atoms with van der Waals surface area (Å²) in [5.74, 6) is 1.09. The van der Waals surface area contributed by atoms with Gasteiger partial charge in [0.2, 0.25) is 5.91 Å². The first-order chi connectivity index (χ1) is 19.0. The predicted octanol–water partition coefficient (Wildman–Crippen LogP) is 6.64. The fourth-order valence-corrected chi connectivity index (χ4v) is 6.26. The highest BCUT2D eigenvalue weighted by Crippen LogP contribution is 2.42. The Bertz CT molecular complexity index is 1380. The third-order valence-electron chi connectivity index (χ3n) is 7.62. The SMILES string of the molecule is COc1cccc(C2(C(=O)NS(=O)(=O)Oc3c(C(C)C)cccc3C(C)C)CCC(Oc3ccccc3)CC2)c1. The Hall–Kier alpha value is -3.52. The van der Waals surface area contributed by atoms with Crippen LogP contribution in [0.1, 0.15) is 81.9 Å². The second-order valence-electron chi connectivity index (χ2n) is 11.0. The molecule has 0 spiro atoms. The number of para-hydroxylation sites is 2. The van der Waals surface area contributed by atoms with Gasteiger partial charge in [-0.3, -0.25) is 4.79 Å². The molecule has 1 N–H and O–H groups in total. The van der Waals surface area contributed by atoms with Crippen molar-refractivity contribution < 1.29 is 26.9 Å². The van der Waals surface area contributed by atoms with Crippen LogP contribution in [-0.4, -0.2) is 27.5 Å². The van der Waals surface area contributed by atoms with Gasteiger partial charge >= 0.3 is 10.3 Å². The molecule has 3 aromatic carbocycles. The van der Waals surface area contributed by atoms with E-state index in [1.807, 2.05) is 88.4 Å². The molecule has 7 nitrogen and oxygen atoms in total. The number of hydrogen-bond donors (Lipinski definition) is 1. The van der Waals surface area contributed by atoms with Crippen LogP contribution in [0.5, 0.6) is 17.2 Å². The van der Waals surface area contributed by atoms with E-state index in [4.69, 9.17) is 13.7 Å². The van der Waals surface area contributed by atoms with Crippen molar-refractivity contribution in [1.82, 2.24) is 4.72 Å². The van der Waals surface area contributed by atoms with E-state index in [1.54, 1.807) is 19.2 Å². The molecule has 8 heteroatoms. The van der Waals surface area contributed by atoms with Crippen LogP contribution in [-0.2, 0) is 20.5 Å². The summed E-state index contributed by atoms with van der Waals surface area (Å²) in [5.41, 5.74) is 1.14. The summed E-state index contributed by atoms with van der Waals surface area (Å²) in [6.45, 7) is 7.91. The minimum atomic E-state index is -4.48. The van der Waals surface area contributed by atoms with E-state index in [0.29, 0.717) is 37.0 Å². The summed E-state index contributed by atoms with van der Waals surface area (Å²) in [6, 6.07) is 22.4. The second kappa shape index (κ2) is 12.3. The van der Waals surface area contributed by atoms with Crippen molar-refractivity contribution in [1.29, 1.82) is 0 Å². The number of methoxy groups -OCH3 is 1. The third kappa shape index (κ3) is 6.61. The van der Waals surface area contributed by atoms with Gasteiger partial charge in [0.15, 0.2) is 5.75 Å². The fourth-order valence-electron chi connectivity index (χ4n) is 5.38. The monoisotopic (exact) mass is 565 g/mol. The van der Waals surface area contributed by atoms with E-state index < -0.39 is 21.6 Å². The highest BCUT2D eigenvalue weighted by Gasteiger charge is 2.46. The van der Waals surface area contributed by atoms with Crippen molar-refractivity contribution in [3.05, 3.63) is 89.5 Å².